The third-order valence-corrected chi connectivity index (χ3v) is 3.18. The molecule has 1 N–H and O–H groups in total. The summed E-state index contributed by atoms with van der Waals surface area (Å²) in [6, 6.07) is 10.1. The lowest BCUT2D eigenvalue weighted by molar-refractivity contribution is -0.258. The lowest BCUT2D eigenvalue weighted by atomic mass is 9.87. The molecule has 1 unspecified atom stereocenters. The predicted molar refractivity (Wildman–Crippen MR) is 64.3 cm³/mol. The van der Waals surface area contributed by atoms with Crippen LogP contribution in [0.15, 0.2) is 36.4 Å². The van der Waals surface area contributed by atoms with Crippen molar-refractivity contribution < 1.29 is 18.3 Å². The van der Waals surface area contributed by atoms with Crippen LogP contribution in [0.5, 0.6) is 0 Å². The minimum atomic E-state index is -4.71. The van der Waals surface area contributed by atoms with Crippen molar-refractivity contribution in [1.29, 1.82) is 0 Å². The van der Waals surface area contributed by atoms with Crippen LogP contribution in [0.3, 0.4) is 0 Å². The van der Waals surface area contributed by atoms with Crippen LogP contribution in [-0.4, -0.2) is 11.3 Å². The summed E-state index contributed by atoms with van der Waals surface area (Å²) in [6.07, 6.45) is -4.71. The first-order valence-electron chi connectivity index (χ1n) is 5.53. The first-order chi connectivity index (χ1) is 8.25. The molecule has 2 aromatic rings. The normalized spacial score (nSPS) is 15.7. The molecular weight excluding hydrogens is 241 g/mol. The zero-order valence-electron chi connectivity index (χ0n) is 10.0. The maximum absolute atomic E-state index is 13.0. The van der Waals surface area contributed by atoms with Crippen LogP contribution in [0.2, 0.25) is 0 Å². The molecular formula is C14H13F3O. The van der Waals surface area contributed by atoms with Crippen LogP contribution < -0.4 is 0 Å². The van der Waals surface area contributed by atoms with E-state index >= 15 is 0 Å². The Bertz CT molecular complexity index is 585. The quantitative estimate of drug-likeness (QED) is 0.817. The zero-order valence-corrected chi connectivity index (χ0v) is 10.0. The number of aryl methyl sites for hydroxylation is 1. The van der Waals surface area contributed by atoms with Gasteiger partial charge in [0.25, 0.3) is 0 Å². The second kappa shape index (κ2) is 3.99. The van der Waals surface area contributed by atoms with Crippen molar-refractivity contribution >= 4 is 10.8 Å². The number of alkyl halides is 3. The summed E-state index contributed by atoms with van der Waals surface area (Å²) in [7, 11) is 0. The molecule has 1 nitrogen and oxygen atoms in total. The zero-order chi connectivity index (χ0) is 13.6. The fourth-order valence-corrected chi connectivity index (χ4v) is 2.17. The Morgan fingerprint density at radius 3 is 2.22 bits per heavy atom. The molecule has 0 aromatic heterocycles. The van der Waals surface area contributed by atoms with Crippen LogP contribution in [0, 0.1) is 6.92 Å². The molecule has 0 aliphatic heterocycles. The van der Waals surface area contributed by atoms with Crippen LogP contribution in [0.25, 0.3) is 10.8 Å². The maximum atomic E-state index is 13.0. The van der Waals surface area contributed by atoms with E-state index in [-0.39, 0.29) is 5.56 Å². The molecule has 0 amide bonds. The van der Waals surface area contributed by atoms with Crippen LogP contribution in [0.4, 0.5) is 13.2 Å². The Kier molecular flexibility index (Phi) is 2.86. The number of aliphatic hydroxyl groups is 1. The van der Waals surface area contributed by atoms with Crippen molar-refractivity contribution in [2.24, 2.45) is 0 Å². The van der Waals surface area contributed by atoms with E-state index < -0.39 is 11.8 Å². The van der Waals surface area contributed by atoms with E-state index in [4.69, 9.17) is 0 Å². The van der Waals surface area contributed by atoms with Gasteiger partial charge in [-0.15, -0.1) is 0 Å². The van der Waals surface area contributed by atoms with Crippen molar-refractivity contribution in [3.05, 3.63) is 47.5 Å². The summed E-state index contributed by atoms with van der Waals surface area (Å²) in [4.78, 5) is 0. The minimum absolute atomic E-state index is 0.0758. The molecule has 2 aromatic carbocycles. The molecule has 0 aliphatic rings. The summed E-state index contributed by atoms with van der Waals surface area (Å²) >= 11 is 0. The van der Waals surface area contributed by atoms with E-state index in [1.807, 2.05) is 0 Å². The lowest BCUT2D eigenvalue weighted by Crippen LogP contribution is -2.40. The van der Waals surface area contributed by atoms with Crippen molar-refractivity contribution in [2.75, 3.05) is 0 Å². The monoisotopic (exact) mass is 254 g/mol. The molecule has 0 bridgehead atoms. The van der Waals surface area contributed by atoms with Crippen molar-refractivity contribution in [1.82, 2.24) is 0 Å². The summed E-state index contributed by atoms with van der Waals surface area (Å²) in [5.41, 5.74) is -2.50. The van der Waals surface area contributed by atoms with Gasteiger partial charge in [-0.05, 0) is 30.2 Å². The number of hydrogen-bond donors (Lipinski definition) is 1. The fourth-order valence-electron chi connectivity index (χ4n) is 2.17. The Balaban J connectivity index is 2.82. The maximum Gasteiger partial charge on any atom is 0.421 e. The van der Waals surface area contributed by atoms with Gasteiger partial charge in [0, 0.05) is 5.56 Å². The molecule has 18 heavy (non-hydrogen) atoms. The van der Waals surface area contributed by atoms with E-state index in [0.29, 0.717) is 16.3 Å². The SMILES string of the molecule is Cc1ccc2ccccc2c1C(C)(O)C(F)(F)F. The molecule has 2 rings (SSSR count). The molecule has 0 saturated heterocycles. The summed E-state index contributed by atoms with van der Waals surface area (Å²) in [6.45, 7) is 2.36. The lowest BCUT2D eigenvalue weighted by Gasteiger charge is -2.29. The minimum Gasteiger partial charge on any atom is -0.376 e. The van der Waals surface area contributed by atoms with Crippen molar-refractivity contribution in [3.63, 3.8) is 0 Å². The second-order valence-corrected chi connectivity index (χ2v) is 4.55. The predicted octanol–water partition coefficient (Wildman–Crippen LogP) is 3.92. The third kappa shape index (κ3) is 1.86. The van der Waals surface area contributed by atoms with Crippen LogP contribution in [-0.2, 0) is 5.60 Å². The van der Waals surface area contributed by atoms with Gasteiger partial charge in [0.1, 0.15) is 0 Å². The molecule has 0 spiro atoms. The first-order valence-corrected chi connectivity index (χ1v) is 5.53. The highest BCUT2D eigenvalue weighted by atomic mass is 19.4. The van der Waals surface area contributed by atoms with Crippen LogP contribution in [0.1, 0.15) is 18.1 Å². The molecule has 96 valence electrons. The van der Waals surface area contributed by atoms with Gasteiger partial charge in [-0.1, -0.05) is 36.4 Å². The number of rotatable bonds is 1. The van der Waals surface area contributed by atoms with E-state index in [9.17, 15) is 18.3 Å². The van der Waals surface area contributed by atoms with Crippen molar-refractivity contribution in [2.45, 2.75) is 25.6 Å². The van der Waals surface area contributed by atoms with Gasteiger partial charge in [0.2, 0.25) is 0 Å². The molecule has 4 heteroatoms. The standard InChI is InChI=1S/C14H13F3O/c1-9-7-8-10-5-3-4-6-11(10)12(9)13(2,18)14(15,16)17/h3-8,18H,1-2H3. The Hall–Kier alpha value is -1.55. The van der Waals surface area contributed by atoms with Crippen LogP contribution >= 0.6 is 0 Å². The van der Waals surface area contributed by atoms with E-state index in [2.05, 4.69) is 0 Å². The fraction of sp³-hybridized carbons (Fsp3) is 0.286. The van der Waals surface area contributed by atoms with Gasteiger partial charge in [-0.25, -0.2) is 0 Å². The summed E-state index contributed by atoms with van der Waals surface area (Å²) in [5, 5.41) is 11.0. The van der Waals surface area contributed by atoms with Gasteiger partial charge in [0.05, 0.1) is 0 Å². The average molecular weight is 254 g/mol. The highest BCUT2D eigenvalue weighted by Gasteiger charge is 2.52. The van der Waals surface area contributed by atoms with Gasteiger partial charge >= 0.3 is 6.18 Å². The number of halogens is 3. The average Bonchev–Trinajstić information content (AvgIpc) is 2.26. The van der Waals surface area contributed by atoms with E-state index in [0.717, 1.165) is 6.92 Å². The smallest absolute Gasteiger partial charge is 0.376 e. The van der Waals surface area contributed by atoms with Crippen molar-refractivity contribution in [3.8, 4) is 0 Å². The third-order valence-electron chi connectivity index (χ3n) is 3.18. The molecule has 1 atom stereocenters. The molecule has 0 saturated carbocycles. The summed E-state index contributed by atoms with van der Waals surface area (Å²) in [5.74, 6) is 0. The number of fused-ring (bicyclic) bond motifs is 1. The van der Waals surface area contributed by atoms with Gasteiger partial charge in [-0.3, -0.25) is 0 Å². The highest BCUT2D eigenvalue weighted by molar-refractivity contribution is 5.87. The Morgan fingerprint density at radius 2 is 1.61 bits per heavy atom. The Morgan fingerprint density at radius 1 is 1.00 bits per heavy atom. The van der Waals surface area contributed by atoms with E-state index in [1.54, 1.807) is 43.3 Å². The summed E-state index contributed by atoms with van der Waals surface area (Å²) < 4.78 is 38.9. The largest absolute Gasteiger partial charge is 0.421 e. The molecule has 0 aliphatic carbocycles. The number of benzene rings is 2. The van der Waals surface area contributed by atoms with Gasteiger partial charge in [-0.2, -0.15) is 13.2 Å². The molecule has 0 heterocycles. The topological polar surface area (TPSA) is 20.2 Å². The number of hydrogen-bond acceptors (Lipinski definition) is 1. The molecule has 0 fully saturated rings. The van der Waals surface area contributed by atoms with Gasteiger partial charge in [0.15, 0.2) is 5.60 Å². The van der Waals surface area contributed by atoms with E-state index in [1.165, 1.54) is 0 Å². The molecule has 0 radical (unpaired) electrons. The highest BCUT2D eigenvalue weighted by Crippen LogP contribution is 2.42. The second-order valence-electron chi connectivity index (χ2n) is 4.55. The van der Waals surface area contributed by atoms with Gasteiger partial charge < -0.3 is 5.11 Å². The first kappa shape index (κ1) is 12.9. The Labute approximate surface area is 103 Å².